The molecule has 0 aromatic carbocycles. The predicted octanol–water partition coefficient (Wildman–Crippen LogP) is 2.53. The second-order valence-corrected chi connectivity index (χ2v) is 3.25. The van der Waals surface area contributed by atoms with Crippen LogP contribution in [0.4, 0.5) is 0 Å². The first-order valence-electron chi connectivity index (χ1n) is 3.51. The van der Waals surface area contributed by atoms with Crippen LogP contribution < -0.4 is 0 Å². The summed E-state index contributed by atoms with van der Waals surface area (Å²) >= 11 is 1.70. The van der Waals surface area contributed by atoms with Gasteiger partial charge in [-0.05, 0) is 42.2 Å². The van der Waals surface area contributed by atoms with E-state index in [9.17, 15) is 0 Å². The molecule has 3 heteroatoms. The summed E-state index contributed by atoms with van der Waals surface area (Å²) in [6.45, 7) is 1.83. The van der Waals surface area contributed by atoms with Gasteiger partial charge in [-0.25, -0.2) is 0 Å². The fourth-order valence-corrected chi connectivity index (χ4v) is 1.51. The largest absolute Gasteiger partial charge is 0.411 e. The lowest BCUT2D eigenvalue weighted by atomic mass is 10.1. The molecule has 0 aliphatic heterocycles. The van der Waals surface area contributed by atoms with Crippen molar-refractivity contribution in [3.05, 3.63) is 22.4 Å². The Labute approximate surface area is 70.2 Å². The average molecular weight is 169 g/mol. The van der Waals surface area contributed by atoms with Gasteiger partial charge in [-0.2, -0.15) is 11.3 Å². The molecule has 2 nitrogen and oxygen atoms in total. The number of hydrogen-bond donors (Lipinski definition) is 1. The van der Waals surface area contributed by atoms with Crippen LogP contribution in [0.25, 0.3) is 0 Å². The Bertz CT molecular complexity index is 228. The molecule has 0 aliphatic carbocycles. The van der Waals surface area contributed by atoms with Crippen molar-refractivity contribution in [1.29, 1.82) is 0 Å². The van der Waals surface area contributed by atoms with Crippen LogP contribution in [0.5, 0.6) is 0 Å². The minimum atomic E-state index is 0.788. The van der Waals surface area contributed by atoms with Crippen LogP contribution in [0.15, 0.2) is 22.0 Å². The summed E-state index contributed by atoms with van der Waals surface area (Å²) in [5.41, 5.74) is 2.11. The van der Waals surface area contributed by atoms with E-state index in [4.69, 9.17) is 5.21 Å². The normalized spacial score (nSPS) is 11.9. The van der Waals surface area contributed by atoms with Gasteiger partial charge in [0.05, 0.1) is 5.71 Å². The van der Waals surface area contributed by atoms with Crippen molar-refractivity contribution in [2.45, 2.75) is 19.8 Å². The number of oxime groups is 1. The standard InChI is InChI=1S/C8H11NOS/c1-7(9-10)2-3-8-4-5-11-6-8/h4-6,10H,2-3H2,1H3/b9-7+. The van der Waals surface area contributed by atoms with Crippen molar-refractivity contribution in [2.75, 3.05) is 0 Å². The Hall–Kier alpha value is -0.830. The van der Waals surface area contributed by atoms with Crippen LogP contribution in [0.2, 0.25) is 0 Å². The molecule has 0 saturated heterocycles. The van der Waals surface area contributed by atoms with E-state index in [0.717, 1.165) is 18.6 Å². The van der Waals surface area contributed by atoms with Gasteiger partial charge < -0.3 is 5.21 Å². The molecule has 0 saturated carbocycles. The fourth-order valence-electron chi connectivity index (χ4n) is 0.810. The summed E-state index contributed by atoms with van der Waals surface area (Å²) in [6, 6.07) is 2.09. The maximum atomic E-state index is 8.35. The van der Waals surface area contributed by atoms with Gasteiger partial charge in [-0.3, -0.25) is 0 Å². The zero-order chi connectivity index (χ0) is 8.10. The predicted molar refractivity (Wildman–Crippen MR) is 47.5 cm³/mol. The van der Waals surface area contributed by atoms with Crippen molar-refractivity contribution in [1.82, 2.24) is 0 Å². The molecule has 0 radical (unpaired) electrons. The van der Waals surface area contributed by atoms with E-state index >= 15 is 0 Å². The molecule has 60 valence electrons. The van der Waals surface area contributed by atoms with Crippen molar-refractivity contribution in [3.63, 3.8) is 0 Å². The quantitative estimate of drug-likeness (QED) is 0.421. The number of hydrogen-bond acceptors (Lipinski definition) is 3. The number of rotatable bonds is 3. The van der Waals surface area contributed by atoms with E-state index in [-0.39, 0.29) is 0 Å². The van der Waals surface area contributed by atoms with Gasteiger partial charge in [-0.15, -0.1) is 0 Å². The van der Waals surface area contributed by atoms with E-state index in [2.05, 4.69) is 22.0 Å². The summed E-state index contributed by atoms with van der Waals surface area (Å²) in [5, 5.41) is 15.6. The van der Waals surface area contributed by atoms with Crippen LogP contribution >= 0.6 is 11.3 Å². The number of aryl methyl sites for hydroxylation is 1. The topological polar surface area (TPSA) is 32.6 Å². The van der Waals surface area contributed by atoms with E-state index in [0.29, 0.717) is 0 Å². The first-order valence-corrected chi connectivity index (χ1v) is 4.46. The summed E-state index contributed by atoms with van der Waals surface area (Å²) in [6.07, 6.45) is 1.81. The molecule has 1 heterocycles. The molecule has 1 aromatic rings. The van der Waals surface area contributed by atoms with Gasteiger partial charge in [0.1, 0.15) is 0 Å². The lowest BCUT2D eigenvalue weighted by molar-refractivity contribution is 0.317. The summed E-state index contributed by atoms with van der Waals surface area (Å²) in [4.78, 5) is 0. The Balaban J connectivity index is 2.35. The van der Waals surface area contributed by atoms with E-state index in [1.165, 1.54) is 5.56 Å². The third-order valence-electron chi connectivity index (χ3n) is 1.53. The Morgan fingerprint density at radius 2 is 2.55 bits per heavy atom. The highest BCUT2D eigenvalue weighted by atomic mass is 32.1. The van der Waals surface area contributed by atoms with Crippen LogP contribution in [-0.4, -0.2) is 10.9 Å². The molecule has 0 amide bonds. The van der Waals surface area contributed by atoms with Crippen molar-refractivity contribution in [2.24, 2.45) is 5.16 Å². The smallest absolute Gasteiger partial charge is 0.0543 e. The van der Waals surface area contributed by atoms with Crippen LogP contribution in [0.3, 0.4) is 0 Å². The third kappa shape index (κ3) is 2.72. The van der Waals surface area contributed by atoms with Gasteiger partial charge in [0.25, 0.3) is 0 Å². The third-order valence-corrected chi connectivity index (χ3v) is 2.26. The SMILES string of the molecule is C/C(CCc1ccsc1)=N\O. The van der Waals surface area contributed by atoms with Crippen LogP contribution in [0.1, 0.15) is 18.9 Å². The van der Waals surface area contributed by atoms with Crippen molar-refractivity contribution >= 4 is 17.0 Å². The number of nitrogens with zero attached hydrogens (tertiary/aromatic N) is 1. The van der Waals surface area contributed by atoms with Crippen molar-refractivity contribution in [3.8, 4) is 0 Å². The molecule has 1 N–H and O–H groups in total. The average Bonchev–Trinajstić information content (AvgIpc) is 2.52. The van der Waals surface area contributed by atoms with Gasteiger partial charge in [0, 0.05) is 0 Å². The minimum Gasteiger partial charge on any atom is -0.411 e. The first kappa shape index (κ1) is 8.27. The number of thiophene rings is 1. The minimum absolute atomic E-state index is 0.788. The molecule has 1 aromatic heterocycles. The molecule has 0 atom stereocenters. The Kier molecular flexibility index (Phi) is 3.11. The Morgan fingerprint density at radius 3 is 3.09 bits per heavy atom. The van der Waals surface area contributed by atoms with Crippen LogP contribution in [0, 0.1) is 0 Å². The lowest BCUT2D eigenvalue weighted by Crippen LogP contribution is -1.93. The van der Waals surface area contributed by atoms with E-state index < -0.39 is 0 Å². The van der Waals surface area contributed by atoms with Gasteiger partial charge in [-0.1, -0.05) is 5.16 Å². The monoisotopic (exact) mass is 169 g/mol. The first-order chi connectivity index (χ1) is 5.33. The van der Waals surface area contributed by atoms with Gasteiger partial charge in [0.15, 0.2) is 0 Å². The summed E-state index contributed by atoms with van der Waals surface area (Å²) < 4.78 is 0. The second kappa shape index (κ2) is 4.13. The molecule has 0 aliphatic rings. The fraction of sp³-hybridized carbons (Fsp3) is 0.375. The van der Waals surface area contributed by atoms with Crippen molar-refractivity contribution < 1.29 is 5.21 Å². The maximum absolute atomic E-state index is 8.35. The molecule has 0 unspecified atom stereocenters. The highest BCUT2D eigenvalue weighted by Crippen LogP contribution is 2.08. The highest BCUT2D eigenvalue weighted by molar-refractivity contribution is 7.07. The molecule has 11 heavy (non-hydrogen) atoms. The van der Waals surface area contributed by atoms with Gasteiger partial charge >= 0.3 is 0 Å². The molecule has 0 bridgehead atoms. The maximum Gasteiger partial charge on any atom is 0.0543 e. The molecular formula is C8H11NOS. The lowest BCUT2D eigenvalue weighted by Gasteiger charge is -1.94. The van der Waals surface area contributed by atoms with Gasteiger partial charge in [0.2, 0.25) is 0 Å². The molecular weight excluding hydrogens is 158 g/mol. The summed E-state index contributed by atoms with van der Waals surface area (Å²) in [7, 11) is 0. The zero-order valence-electron chi connectivity index (χ0n) is 6.45. The molecule has 0 fully saturated rings. The highest BCUT2D eigenvalue weighted by Gasteiger charge is 1.95. The Morgan fingerprint density at radius 1 is 1.73 bits per heavy atom. The van der Waals surface area contributed by atoms with E-state index in [1.54, 1.807) is 11.3 Å². The zero-order valence-corrected chi connectivity index (χ0v) is 7.27. The van der Waals surface area contributed by atoms with E-state index in [1.807, 2.05) is 6.92 Å². The molecule has 1 rings (SSSR count). The molecule has 0 spiro atoms. The van der Waals surface area contributed by atoms with Crippen LogP contribution in [-0.2, 0) is 6.42 Å². The second-order valence-electron chi connectivity index (χ2n) is 2.47. The summed E-state index contributed by atoms with van der Waals surface area (Å²) in [5.74, 6) is 0.